The van der Waals surface area contributed by atoms with Gasteiger partial charge in [-0.05, 0) is 63.1 Å². The van der Waals surface area contributed by atoms with Crippen LogP contribution in [0.1, 0.15) is 51.3 Å². The first-order chi connectivity index (χ1) is 17.5. The van der Waals surface area contributed by atoms with E-state index in [1.54, 1.807) is 76.4 Å². The van der Waals surface area contributed by atoms with E-state index in [0.717, 1.165) is 0 Å². The minimum atomic E-state index is -1.07. The van der Waals surface area contributed by atoms with Gasteiger partial charge in [0.15, 0.2) is 0 Å². The molecule has 0 radical (unpaired) electrons. The molecule has 2 rings (SSSR count). The maximum absolute atomic E-state index is 13.8. The summed E-state index contributed by atoms with van der Waals surface area (Å²) in [5.74, 6) is 2.31. The molecule has 8 nitrogen and oxygen atoms in total. The second-order valence-electron chi connectivity index (χ2n) is 9.26. The molecule has 0 heterocycles. The van der Waals surface area contributed by atoms with Crippen LogP contribution in [0.5, 0.6) is 5.75 Å². The monoisotopic (exact) mass is 525 g/mol. The number of terminal acetylenes is 1. The number of hydrogen-bond acceptors (Lipinski definition) is 6. The second kappa shape index (κ2) is 13.6. The predicted molar refractivity (Wildman–Crippen MR) is 148 cm³/mol. The highest BCUT2D eigenvalue weighted by Crippen LogP contribution is 2.28. The average molecular weight is 526 g/mol. The molecule has 3 amide bonds. The van der Waals surface area contributed by atoms with E-state index in [1.807, 2.05) is 6.92 Å². The van der Waals surface area contributed by atoms with Gasteiger partial charge in [0.2, 0.25) is 5.91 Å². The topological polar surface area (TPSA) is 97.0 Å². The zero-order valence-corrected chi connectivity index (χ0v) is 22.8. The van der Waals surface area contributed by atoms with Crippen LogP contribution < -0.4 is 15.4 Å². The highest BCUT2D eigenvalue weighted by Gasteiger charge is 2.36. The lowest BCUT2D eigenvalue weighted by molar-refractivity contribution is -0.140. The lowest BCUT2D eigenvalue weighted by Gasteiger charge is -2.34. The Bertz CT molecular complexity index is 1120. The Morgan fingerprint density at radius 3 is 2.30 bits per heavy atom. The first-order valence-corrected chi connectivity index (χ1v) is 12.6. The smallest absolute Gasteiger partial charge is 0.408 e. The Balaban J connectivity index is 2.48. The van der Waals surface area contributed by atoms with E-state index in [2.05, 4.69) is 29.2 Å². The molecule has 2 N–H and O–H groups in total. The van der Waals surface area contributed by atoms with Crippen molar-refractivity contribution in [1.82, 2.24) is 10.2 Å². The zero-order chi connectivity index (χ0) is 27.6. The number of carbonyl (C=O) groups excluding carboxylic acids is 3. The van der Waals surface area contributed by atoms with Crippen LogP contribution in [0, 0.1) is 12.3 Å². The Morgan fingerprint density at radius 2 is 1.76 bits per heavy atom. The standard InChI is InChI=1S/C28H35N3O5S/c1-7-17-31(26(33)23(18-37)30-27(34)36-28(3,4)5)24(22-12-10-9-11-19(22)8-2)25(32)29-20-13-15-21(35-6)16-14-20/h2,9-16,23-24,37H,7,17-18H2,1,3-6H3,(H,29,32)(H,30,34). The van der Waals surface area contributed by atoms with E-state index >= 15 is 0 Å². The molecule has 0 aliphatic heterocycles. The maximum atomic E-state index is 13.8. The third-order valence-corrected chi connectivity index (χ3v) is 5.61. The fourth-order valence-corrected chi connectivity index (χ4v) is 3.89. The quantitative estimate of drug-likeness (QED) is 0.315. The van der Waals surface area contributed by atoms with Gasteiger partial charge in [0.05, 0.1) is 7.11 Å². The van der Waals surface area contributed by atoms with Crippen LogP contribution in [0.4, 0.5) is 10.5 Å². The number of amides is 3. The summed E-state index contributed by atoms with van der Waals surface area (Å²) in [6, 6.07) is 11.7. The fourth-order valence-electron chi connectivity index (χ4n) is 3.65. The van der Waals surface area contributed by atoms with Crippen molar-refractivity contribution >= 4 is 36.2 Å². The molecule has 0 fully saturated rings. The lowest BCUT2D eigenvalue weighted by atomic mass is 9.97. The van der Waals surface area contributed by atoms with Crippen molar-refractivity contribution < 1.29 is 23.9 Å². The number of benzene rings is 2. The number of ether oxygens (including phenoxy) is 2. The SMILES string of the molecule is C#Cc1ccccc1C(C(=O)Nc1ccc(OC)cc1)N(CCC)C(=O)C(CS)NC(=O)OC(C)(C)C. The number of rotatable bonds is 10. The van der Waals surface area contributed by atoms with Crippen molar-refractivity contribution in [3.63, 3.8) is 0 Å². The lowest BCUT2D eigenvalue weighted by Crippen LogP contribution is -2.53. The van der Waals surface area contributed by atoms with Crippen molar-refractivity contribution in [2.75, 3.05) is 24.7 Å². The summed E-state index contributed by atoms with van der Waals surface area (Å²) < 4.78 is 10.5. The van der Waals surface area contributed by atoms with Crippen LogP contribution in [0.3, 0.4) is 0 Å². The molecule has 2 aromatic carbocycles. The molecule has 0 bridgehead atoms. The molecule has 198 valence electrons. The van der Waals surface area contributed by atoms with Gasteiger partial charge in [0, 0.05) is 23.5 Å². The number of carbonyl (C=O) groups is 3. The summed E-state index contributed by atoms with van der Waals surface area (Å²) in [5.41, 5.74) is 0.751. The Labute approximate surface area is 224 Å². The summed E-state index contributed by atoms with van der Waals surface area (Å²) in [6.45, 7) is 7.30. The molecule has 0 spiro atoms. The van der Waals surface area contributed by atoms with Gasteiger partial charge in [-0.3, -0.25) is 9.59 Å². The molecule has 0 aliphatic carbocycles. The van der Waals surface area contributed by atoms with Crippen LogP contribution in [0.25, 0.3) is 0 Å². The minimum absolute atomic E-state index is 0.00188. The number of nitrogens with zero attached hydrogens (tertiary/aromatic N) is 1. The Hall–Kier alpha value is -3.64. The van der Waals surface area contributed by atoms with Crippen molar-refractivity contribution in [3.05, 3.63) is 59.7 Å². The highest BCUT2D eigenvalue weighted by atomic mass is 32.1. The van der Waals surface area contributed by atoms with Gasteiger partial charge >= 0.3 is 6.09 Å². The second-order valence-corrected chi connectivity index (χ2v) is 9.63. The zero-order valence-electron chi connectivity index (χ0n) is 21.9. The molecule has 0 saturated heterocycles. The first kappa shape index (κ1) is 29.6. The number of hydrogen-bond donors (Lipinski definition) is 3. The number of anilines is 1. The predicted octanol–water partition coefficient (Wildman–Crippen LogP) is 4.42. The minimum Gasteiger partial charge on any atom is -0.497 e. The van der Waals surface area contributed by atoms with Crippen molar-refractivity contribution in [2.45, 2.75) is 51.8 Å². The third-order valence-electron chi connectivity index (χ3n) is 5.25. The summed E-state index contributed by atoms with van der Waals surface area (Å²) in [7, 11) is 1.55. The highest BCUT2D eigenvalue weighted by molar-refractivity contribution is 7.80. The summed E-state index contributed by atoms with van der Waals surface area (Å²) >= 11 is 4.29. The van der Waals surface area contributed by atoms with Gasteiger partial charge in [-0.15, -0.1) is 6.42 Å². The van der Waals surface area contributed by atoms with E-state index in [1.165, 1.54) is 4.90 Å². The molecule has 0 saturated carbocycles. The van der Waals surface area contributed by atoms with Gasteiger partial charge in [0.1, 0.15) is 23.4 Å². The van der Waals surface area contributed by atoms with Crippen LogP contribution in [-0.4, -0.2) is 53.9 Å². The number of nitrogens with one attached hydrogen (secondary N) is 2. The van der Waals surface area contributed by atoms with Gasteiger partial charge in [-0.1, -0.05) is 31.0 Å². The third kappa shape index (κ3) is 8.46. The number of methoxy groups -OCH3 is 1. The summed E-state index contributed by atoms with van der Waals surface area (Å²) in [4.78, 5) is 41.4. The van der Waals surface area contributed by atoms with Crippen LogP contribution in [0.2, 0.25) is 0 Å². The fraction of sp³-hybridized carbons (Fsp3) is 0.393. The molecule has 0 aromatic heterocycles. The van der Waals surface area contributed by atoms with Crippen molar-refractivity contribution in [1.29, 1.82) is 0 Å². The number of alkyl carbamates (subject to hydrolysis) is 1. The van der Waals surface area contributed by atoms with Crippen LogP contribution >= 0.6 is 12.6 Å². The normalized spacial score (nSPS) is 12.5. The average Bonchev–Trinajstić information content (AvgIpc) is 2.86. The molecule has 2 unspecified atom stereocenters. The maximum Gasteiger partial charge on any atom is 0.408 e. The molecular formula is C28H35N3O5S. The molecule has 2 aromatic rings. The molecule has 9 heteroatoms. The van der Waals surface area contributed by atoms with E-state index in [0.29, 0.717) is 29.0 Å². The van der Waals surface area contributed by atoms with Crippen LogP contribution in [-0.2, 0) is 14.3 Å². The van der Waals surface area contributed by atoms with Crippen molar-refractivity contribution in [3.8, 4) is 18.1 Å². The molecular weight excluding hydrogens is 490 g/mol. The van der Waals surface area contributed by atoms with Crippen LogP contribution in [0.15, 0.2) is 48.5 Å². The first-order valence-electron chi connectivity index (χ1n) is 12.0. The van der Waals surface area contributed by atoms with Gasteiger partial charge in [-0.25, -0.2) is 4.79 Å². The van der Waals surface area contributed by atoms with E-state index < -0.39 is 35.6 Å². The number of thiol groups is 1. The van der Waals surface area contributed by atoms with E-state index in [4.69, 9.17) is 15.9 Å². The van der Waals surface area contributed by atoms with E-state index in [9.17, 15) is 14.4 Å². The van der Waals surface area contributed by atoms with Gasteiger partial charge < -0.3 is 25.0 Å². The van der Waals surface area contributed by atoms with Gasteiger partial charge in [-0.2, -0.15) is 12.6 Å². The summed E-state index contributed by atoms with van der Waals surface area (Å²) in [5, 5.41) is 5.46. The van der Waals surface area contributed by atoms with E-state index in [-0.39, 0.29) is 12.3 Å². The van der Waals surface area contributed by atoms with Gasteiger partial charge in [0.25, 0.3) is 5.91 Å². The molecule has 0 aliphatic rings. The molecule has 2 atom stereocenters. The molecule has 37 heavy (non-hydrogen) atoms. The Morgan fingerprint density at radius 1 is 1.11 bits per heavy atom. The van der Waals surface area contributed by atoms with Crippen molar-refractivity contribution in [2.24, 2.45) is 0 Å². The Kier molecular flexibility index (Phi) is 10.9. The largest absolute Gasteiger partial charge is 0.497 e. The summed E-state index contributed by atoms with van der Waals surface area (Å²) in [6.07, 6.45) is 5.56.